The van der Waals surface area contributed by atoms with Crippen LogP contribution < -0.4 is 15.6 Å². The Labute approximate surface area is 180 Å². The van der Waals surface area contributed by atoms with Crippen molar-refractivity contribution in [3.8, 4) is 17.0 Å². The maximum Gasteiger partial charge on any atom is 0.252 e. The maximum atomic E-state index is 12.9. The number of ether oxygens (including phenoxy) is 1. The Morgan fingerprint density at radius 1 is 1.20 bits per heavy atom. The molecular weight excluding hydrogens is 398 g/mol. The Morgan fingerprint density at radius 2 is 1.93 bits per heavy atom. The van der Waals surface area contributed by atoms with Crippen LogP contribution in [0.3, 0.4) is 0 Å². The smallest absolute Gasteiger partial charge is 0.252 e. The highest BCUT2D eigenvalue weighted by Crippen LogP contribution is 2.27. The first-order chi connectivity index (χ1) is 14.4. The zero-order valence-electron chi connectivity index (χ0n) is 17.5. The quantitative estimate of drug-likeness (QED) is 0.429. The number of aromatic nitrogens is 2. The molecule has 1 unspecified atom stereocenters. The van der Waals surface area contributed by atoms with E-state index in [2.05, 4.69) is 15.3 Å². The number of benzene rings is 2. The molecule has 0 aliphatic rings. The van der Waals surface area contributed by atoms with Gasteiger partial charge in [0.2, 0.25) is 5.91 Å². The van der Waals surface area contributed by atoms with E-state index in [9.17, 15) is 9.59 Å². The van der Waals surface area contributed by atoms with Crippen LogP contribution in [0.5, 0.6) is 5.75 Å². The molecule has 2 aromatic carbocycles. The molecule has 1 aromatic heterocycles. The highest BCUT2D eigenvalue weighted by atomic mass is 32.2. The van der Waals surface area contributed by atoms with E-state index in [1.165, 1.54) is 17.8 Å². The van der Waals surface area contributed by atoms with Crippen LogP contribution in [0.4, 0.5) is 5.69 Å². The zero-order chi connectivity index (χ0) is 21.7. The summed E-state index contributed by atoms with van der Waals surface area (Å²) in [4.78, 5) is 32.3. The predicted octanol–water partition coefficient (Wildman–Crippen LogP) is 4.57. The lowest BCUT2D eigenvalue weighted by molar-refractivity contribution is -0.115. The number of aryl methyl sites for hydroxylation is 1. The molecule has 0 bridgehead atoms. The molecule has 0 saturated heterocycles. The summed E-state index contributed by atoms with van der Waals surface area (Å²) in [5, 5.41) is 3.03. The number of anilines is 1. The summed E-state index contributed by atoms with van der Waals surface area (Å²) in [6.07, 6.45) is 0.595. The van der Waals surface area contributed by atoms with Crippen molar-refractivity contribution >= 4 is 23.4 Å². The maximum absolute atomic E-state index is 12.9. The van der Waals surface area contributed by atoms with Gasteiger partial charge in [-0.2, -0.15) is 0 Å². The highest BCUT2D eigenvalue weighted by molar-refractivity contribution is 8.00. The minimum Gasteiger partial charge on any atom is -0.497 e. The number of thioether (sulfide) groups is 1. The van der Waals surface area contributed by atoms with Gasteiger partial charge in [0.15, 0.2) is 5.16 Å². The van der Waals surface area contributed by atoms with Gasteiger partial charge < -0.3 is 15.0 Å². The van der Waals surface area contributed by atoms with Crippen LogP contribution in [-0.4, -0.2) is 28.2 Å². The Bertz CT molecular complexity index is 1090. The van der Waals surface area contributed by atoms with Crippen molar-refractivity contribution in [3.63, 3.8) is 0 Å². The van der Waals surface area contributed by atoms with Crippen LogP contribution in [0.1, 0.15) is 24.5 Å². The third-order valence-corrected chi connectivity index (χ3v) is 6.13. The molecule has 0 aliphatic heterocycles. The molecule has 0 fully saturated rings. The van der Waals surface area contributed by atoms with Gasteiger partial charge in [-0.05, 0) is 61.7 Å². The number of amides is 1. The second-order valence-electron chi connectivity index (χ2n) is 6.92. The molecule has 1 amide bonds. The Kier molecular flexibility index (Phi) is 6.95. The Morgan fingerprint density at radius 3 is 2.60 bits per heavy atom. The number of H-pyrrole nitrogens is 1. The fourth-order valence-electron chi connectivity index (χ4n) is 2.96. The number of carbonyl (C=O) groups is 1. The molecule has 0 radical (unpaired) electrons. The number of rotatable bonds is 7. The largest absolute Gasteiger partial charge is 0.497 e. The van der Waals surface area contributed by atoms with Crippen LogP contribution in [-0.2, 0) is 4.79 Å². The first-order valence-electron chi connectivity index (χ1n) is 9.70. The molecule has 7 heteroatoms. The van der Waals surface area contributed by atoms with Crippen molar-refractivity contribution in [1.29, 1.82) is 0 Å². The minimum absolute atomic E-state index is 0.117. The molecule has 6 nitrogen and oxygen atoms in total. The number of hydrogen-bond acceptors (Lipinski definition) is 5. The molecule has 3 rings (SSSR count). The first kappa shape index (κ1) is 21.6. The second-order valence-corrected chi connectivity index (χ2v) is 8.11. The van der Waals surface area contributed by atoms with E-state index in [0.29, 0.717) is 17.3 Å². The van der Waals surface area contributed by atoms with E-state index in [-0.39, 0.29) is 16.7 Å². The van der Waals surface area contributed by atoms with Gasteiger partial charge in [-0.15, -0.1) is 0 Å². The summed E-state index contributed by atoms with van der Waals surface area (Å²) in [6.45, 7) is 5.93. The molecule has 2 N–H and O–H groups in total. The first-order valence-corrected chi connectivity index (χ1v) is 10.6. The normalized spacial score (nSPS) is 11.7. The van der Waals surface area contributed by atoms with Gasteiger partial charge in [0, 0.05) is 17.3 Å². The van der Waals surface area contributed by atoms with Crippen molar-refractivity contribution in [3.05, 3.63) is 70.0 Å². The number of aromatic amines is 1. The molecule has 0 spiro atoms. The fraction of sp³-hybridized carbons (Fsp3) is 0.261. The number of nitrogens with zero attached hydrogens (tertiary/aromatic N) is 1. The van der Waals surface area contributed by atoms with Gasteiger partial charge in [-0.25, -0.2) is 4.98 Å². The summed E-state index contributed by atoms with van der Waals surface area (Å²) in [5.74, 6) is 0.612. The number of carbonyl (C=O) groups excluding carboxylic acids is 1. The van der Waals surface area contributed by atoms with Crippen molar-refractivity contribution in [2.75, 3.05) is 12.4 Å². The molecule has 1 heterocycles. The number of nitrogens with one attached hydrogen (secondary N) is 2. The SMILES string of the molecule is CCC(Sc1nc(-c2ccc(OC)cc2)cc(=O)[nH]1)C(=O)Nc1cccc(C)c1C. The fourth-order valence-corrected chi connectivity index (χ4v) is 3.87. The van der Waals surface area contributed by atoms with Gasteiger partial charge in [-0.3, -0.25) is 9.59 Å². The highest BCUT2D eigenvalue weighted by Gasteiger charge is 2.20. The van der Waals surface area contributed by atoms with Crippen LogP contribution in [0.25, 0.3) is 11.3 Å². The Balaban J connectivity index is 1.80. The summed E-state index contributed by atoms with van der Waals surface area (Å²) in [6, 6.07) is 14.6. The lowest BCUT2D eigenvalue weighted by atomic mass is 10.1. The van der Waals surface area contributed by atoms with E-state index >= 15 is 0 Å². The number of methoxy groups -OCH3 is 1. The van der Waals surface area contributed by atoms with Crippen LogP contribution >= 0.6 is 11.8 Å². The standard InChI is InChI=1S/C23H25N3O3S/c1-5-20(22(28)24-18-8-6-7-14(2)15(18)3)30-23-25-19(13-21(27)26-23)16-9-11-17(29-4)12-10-16/h6-13,20H,5H2,1-4H3,(H,24,28)(H,25,26,27). The summed E-state index contributed by atoms with van der Waals surface area (Å²) in [7, 11) is 1.60. The minimum atomic E-state index is -0.390. The third kappa shape index (κ3) is 5.10. The Hall–Kier alpha value is -3.06. The topological polar surface area (TPSA) is 84.1 Å². The van der Waals surface area contributed by atoms with Gasteiger partial charge in [0.25, 0.3) is 5.56 Å². The van der Waals surface area contributed by atoms with E-state index in [0.717, 1.165) is 28.1 Å². The van der Waals surface area contributed by atoms with Crippen molar-refractivity contribution in [2.45, 2.75) is 37.6 Å². The lowest BCUT2D eigenvalue weighted by Gasteiger charge is -2.16. The number of hydrogen-bond donors (Lipinski definition) is 2. The molecule has 156 valence electrons. The van der Waals surface area contributed by atoms with E-state index in [4.69, 9.17) is 4.74 Å². The molecule has 0 saturated carbocycles. The monoisotopic (exact) mass is 423 g/mol. The summed E-state index contributed by atoms with van der Waals surface area (Å²) in [5.41, 5.74) is 4.05. The van der Waals surface area contributed by atoms with Crippen molar-refractivity contribution in [2.24, 2.45) is 0 Å². The molecule has 3 aromatic rings. The van der Waals surface area contributed by atoms with Crippen LogP contribution in [0.15, 0.2) is 58.5 Å². The van der Waals surface area contributed by atoms with Crippen LogP contribution in [0.2, 0.25) is 0 Å². The lowest BCUT2D eigenvalue weighted by Crippen LogP contribution is -2.25. The zero-order valence-corrected chi connectivity index (χ0v) is 18.3. The average Bonchev–Trinajstić information content (AvgIpc) is 2.75. The molecular formula is C23H25N3O3S. The second kappa shape index (κ2) is 9.63. The summed E-state index contributed by atoms with van der Waals surface area (Å²) >= 11 is 1.25. The van der Waals surface area contributed by atoms with Crippen LogP contribution in [0, 0.1) is 13.8 Å². The average molecular weight is 424 g/mol. The predicted molar refractivity (Wildman–Crippen MR) is 121 cm³/mol. The van der Waals surface area contributed by atoms with Gasteiger partial charge in [0.1, 0.15) is 5.75 Å². The van der Waals surface area contributed by atoms with E-state index in [1.807, 2.05) is 63.2 Å². The summed E-state index contributed by atoms with van der Waals surface area (Å²) < 4.78 is 5.17. The molecule has 30 heavy (non-hydrogen) atoms. The van der Waals surface area contributed by atoms with E-state index < -0.39 is 0 Å². The van der Waals surface area contributed by atoms with Gasteiger partial charge in [-0.1, -0.05) is 30.8 Å². The van der Waals surface area contributed by atoms with Crippen molar-refractivity contribution < 1.29 is 9.53 Å². The molecule has 0 aliphatic carbocycles. The van der Waals surface area contributed by atoms with Gasteiger partial charge in [0.05, 0.1) is 18.1 Å². The van der Waals surface area contributed by atoms with Gasteiger partial charge >= 0.3 is 0 Å². The van der Waals surface area contributed by atoms with Crippen molar-refractivity contribution in [1.82, 2.24) is 9.97 Å². The molecule has 1 atom stereocenters. The van der Waals surface area contributed by atoms with E-state index in [1.54, 1.807) is 7.11 Å². The third-order valence-electron chi connectivity index (χ3n) is 4.89.